The average molecular weight is 561 g/mol. The smallest absolute Gasteiger partial charge is 0.410 e. The van der Waals surface area contributed by atoms with Crippen LogP contribution in [-0.4, -0.2) is 78.6 Å². The van der Waals surface area contributed by atoms with Crippen molar-refractivity contribution in [2.45, 2.75) is 89.7 Å². The van der Waals surface area contributed by atoms with Gasteiger partial charge in [0, 0.05) is 63.0 Å². The lowest BCUT2D eigenvalue weighted by molar-refractivity contribution is -0.134. The first-order valence-corrected chi connectivity index (χ1v) is 14.7. The van der Waals surface area contributed by atoms with Gasteiger partial charge in [0.15, 0.2) is 0 Å². The van der Waals surface area contributed by atoms with E-state index in [-0.39, 0.29) is 24.5 Å². The lowest BCUT2D eigenvalue weighted by Crippen LogP contribution is -2.53. The van der Waals surface area contributed by atoms with Crippen LogP contribution in [0.15, 0.2) is 12.1 Å². The number of nitrogens with zero attached hydrogens (tertiary/aromatic N) is 3. The summed E-state index contributed by atoms with van der Waals surface area (Å²) in [6.45, 7) is 10.2. The predicted octanol–water partition coefficient (Wildman–Crippen LogP) is 4.57. The molecule has 1 N–H and O–H groups in total. The molecule has 1 spiro atoms. The van der Waals surface area contributed by atoms with Crippen molar-refractivity contribution in [2.24, 2.45) is 5.41 Å². The van der Waals surface area contributed by atoms with Crippen LogP contribution in [0.5, 0.6) is 0 Å². The molecule has 0 aromatic heterocycles. The van der Waals surface area contributed by atoms with Crippen molar-refractivity contribution < 1.29 is 27.9 Å². The minimum absolute atomic E-state index is 0.0752. The summed E-state index contributed by atoms with van der Waals surface area (Å²) in [6.07, 6.45) is 6.63. The zero-order chi connectivity index (χ0) is 28.7. The van der Waals surface area contributed by atoms with E-state index in [1.54, 1.807) is 0 Å². The van der Waals surface area contributed by atoms with Crippen molar-refractivity contribution in [1.82, 2.24) is 15.1 Å². The number of halogens is 2. The second-order valence-corrected chi connectivity index (χ2v) is 13.0. The van der Waals surface area contributed by atoms with Crippen molar-refractivity contribution in [2.75, 3.05) is 44.2 Å². The Labute approximate surface area is 235 Å². The molecule has 3 aliphatic heterocycles. The van der Waals surface area contributed by atoms with Gasteiger partial charge in [0.2, 0.25) is 11.8 Å². The molecule has 1 aromatic rings. The molecule has 10 heteroatoms. The molecule has 5 rings (SSSR count). The molecule has 8 nitrogen and oxygen atoms in total. The third-order valence-electron chi connectivity index (χ3n) is 9.34. The molecule has 3 heterocycles. The normalized spacial score (nSPS) is 24.8. The van der Waals surface area contributed by atoms with Crippen LogP contribution in [0, 0.1) is 17.0 Å². The number of rotatable bonds is 3. The number of piperidine rings is 2. The van der Waals surface area contributed by atoms with Crippen LogP contribution in [0.4, 0.5) is 19.3 Å². The topological polar surface area (TPSA) is 82.2 Å². The molecule has 3 saturated heterocycles. The van der Waals surface area contributed by atoms with E-state index in [1.807, 2.05) is 30.6 Å². The number of amides is 3. The van der Waals surface area contributed by atoms with E-state index in [9.17, 15) is 14.4 Å². The van der Waals surface area contributed by atoms with E-state index < -0.39 is 35.0 Å². The maximum Gasteiger partial charge on any atom is 0.410 e. The molecular formula is C30H42F2N4O4. The van der Waals surface area contributed by atoms with Crippen molar-refractivity contribution in [3.8, 4) is 0 Å². The first-order chi connectivity index (χ1) is 18.9. The van der Waals surface area contributed by atoms with Crippen molar-refractivity contribution in [3.63, 3.8) is 0 Å². The van der Waals surface area contributed by atoms with E-state index in [0.29, 0.717) is 30.2 Å². The van der Waals surface area contributed by atoms with Crippen LogP contribution in [0.2, 0.25) is 0 Å². The average Bonchev–Trinajstić information content (AvgIpc) is 2.89. The van der Waals surface area contributed by atoms with Gasteiger partial charge in [0.25, 0.3) is 0 Å². The van der Waals surface area contributed by atoms with Gasteiger partial charge < -0.3 is 14.5 Å². The maximum atomic E-state index is 15.0. The molecule has 40 heavy (non-hydrogen) atoms. The number of anilines is 1. The Morgan fingerprint density at radius 2 is 1.52 bits per heavy atom. The summed E-state index contributed by atoms with van der Waals surface area (Å²) in [5.41, 5.74) is 0.0805. The monoisotopic (exact) mass is 560 g/mol. The number of benzene rings is 1. The number of hydrogen-bond donors (Lipinski definition) is 1. The number of ether oxygens (including phenoxy) is 1. The Kier molecular flexibility index (Phi) is 8.10. The van der Waals surface area contributed by atoms with E-state index >= 15 is 8.78 Å². The van der Waals surface area contributed by atoms with Gasteiger partial charge in [-0.2, -0.15) is 0 Å². The number of carbonyl (C=O) groups excluding carboxylic acids is 3. The summed E-state index contributed by atoms with van der Waals surface area (Å²) in [5.74, 6) is -3.50. The van der Waals surface area contributed by atoms with E-state index in [1.165, 1.54) is 12.1 Å². The van der Waals surface area contributed by atoms with Gasteiger partial charge in [-0.15, -0.1) is 0 Å². The van der Waals surface area contributed by atoms with Crippen LogP contribution in [0.1, 0.15) is 83.6 Å². The summed E-state index contributed by atoms with van der Waals surface area (Å²) in [6, 6.07) is 3.16. The summed E-state index contributed by atoms with van der Waals surface area (Å²) in [7, 11) is 0. The zero-order valence-corrected chi connectivity index (χ0v) is 23.9. The molecular weight excluding hydrogens is 518 g/mol. The molecule has 3 amide bonds. The molecule has 1 unspecified atom stereocenters. The maximum absolute atomic E-state index is 15.0. The van der Waals surface area contributed by atoms with Crippen molar-refractivity contribution >= 4 is 23.6 Å². The Balaban J connectivity index is 1.11. The quantitative estimate of drug-likeness (QED) is 0.546. The molecule has 1 saturated carbocycles. The fourth-order valence-corrected chi connectivity index (χ4v) is 6.97. The van der Waals surface area contributed by atoms with Crippen LogP contribution in [0.3, 0.4) is 0 Å². The fourth-order valence-electron chi connectivity index (χ4n) is 6.97. The number of hydrogen-bond acceptors (Lipinski definition) is 6. The zero-order valence-electron chi connectivity index (χ0n) is 23.9. The molecule has 0 bridgehead atoms. The summed E-state index contributed by atoms with van der Waals surface area (Å²) >= 11 is 0. The summed E-state index contributed by atoms with van der Waals surface area (Å²) < 4.78 is 35.6. The van der Waals surface area contributed by atoms with Gasteiger partial charge in [-0.1, -0.05) is 0 Å². The second-order valence-electron chi connectivity index (χ2n) is 13.0. The standard InChI is InChI=1S/C30H42F2N4O4/c1-29(2,3)40-28(39)36-12-10-30(11-13-36)8-6-20(7-9-30)34-14-16-35(17-15-34)21-18-23(31)26(24(32)19-21)22-4-5-25(37)33-27(22)38/h18-20,22H,4-17H2,1-3H3,(H,33,37,38). The Bertz CT molecular complexity index is 1100. The molecule has 0 radical (unpaired) electrons. The molecule has 1 aromatic carbocycles. The van der Waals surface area contributed by atoms with Gasteiger partial charge >= 0.3 is 6.09 Å². The number of piperazine rings is 1. The van der Waals surface area contributed by atoms with Crippen LogP contribution < -0.4 is 10.2 Å². The minimum Gasteiger partial charge on any atom is -0.444 e. The Morgan fingerprint density at radius 3 is 2.08 bits per heavy atom. The van der Waals surface area contributed by atoms with Gasteiger partial charge in [0.1, 0.15) is 17.2 Å². The van der Waals surface area contributed by atoms with Gasteiger partial charge in [-0.05, 0) is 83.3 Å². The first-order valence-electron chi connectivity index (χ1n) is 14.7. The lowest BCUT2D eigenvalue weighted by Gasteiger charge is -2.49. The highest BCUT2D eigenvalue weighted by molar-refractivity contribution is 6.01. The van der Waals surface area contributed by atoms with Crippen LogP contribution in [0.25, 0.3) is 0 Å². The second kappa shape index (κ2) is 11.3. The molecule has 4 aliphatic rings. The SMILES string of the molecule is CC(C)(C)OC(=O)N1CCC2(CCC(N3CCN(c4cc(F)c(C5CCC(=O)NC5=O)c(F)c4)CC3)CC2)CC1. The number of carbonyl (C=O) groups is 3. The highest BCUT2D eigenvalue weighted by atomic mass is 19.1. The Morgan fingerprint density at radius 1 is 0.925 bits per heavy atom. The van der Waals surface area contributed by atoms with Gasteiger partial charge in [0.05, 0.1) is 5.92 Å². The van der Waals surface area contributed by atoms with Crippen LogP contribution in [-0.2, 0) is 14.3 Å². The van der Waals surface area contributed by atoms with E-state index in [2.05, 4.69) is 10.2 Å². The Hall–Kier alpha value is -2.75. The summed E-state index contributed by atoms with van der Waals surface area (Å²) in [5, 5.41) is 2.18. The third kappa shape index (κ3) is 6.26. The lowest BCUT2D eigenvalue weighted by atomic mass is 9.66. The predicted molar refractivity (Wildman–Crippen MR) is 147 cm³/mol. The fraction of sp³-hybridized carbons (Fsp3) is 0.700. The van der Waals surface area contributed by atoms with Crippen LogP contribution >= 0.6 is 0 Å². The van der Waals surface area contributed by atoms with E-state index in [4.69, 9.17) is 4.74 Å². The summed E-state index contributed by atoms with van der Waals surface area (Å²) in [4.78, 5) is 42.4. The number of nitrogens with one attached hydrogen (secondary N) is 1. The molecule has 4 fully saturated rings. The van der Waals surface area contributed by atoms with E-state index in [0.717, 1.165) is 64.7 Å². The van der Waals surface area contributed by atoms with Crippen molar-refractivity contribution in [1.29, 1.82) is 0 Å². The third-order valence-corrected chi connectivity index (χ3v) is 9.34. The number of imide groups is 1. The molecule has 1 aliphatic carbocycles. The van der Waals surface area contributed by atoms with Gasteiger partial charge in [-0.3, -0.25) is 19.8 Å². The van der Waals surface area contributed by atoms with Crippen molar-refractivity contribution in [3.05, 3.63) is 29.3 Å². The molecule has 1 atom stereocenters. The van der Waals surface area contributed by atoms with Gasteiger partial charge in [-0.25, -0.2) is 13.6 Å². The highest BCUT2D eigenvalue weighted by Crippen LogP contribution is 2.46. The minimum atomic E-state index is -0.984. The largest absolute Gasteiger partial charge is 0.444 e. The highest BCUT2D eigenvalue weighted by Gasteiger charge is 2.41. The first kappa shape index (κ1) is 28.8. The molecule has 220 valence electrons. The number of likely N-dealkylation sites (tertiary alicyclic amines) is 1.